The number of ketones is 1. The molecular formula is C19H24N2O2. The molecule has 2 aromatic rings. The van der Waals surface area contributed by atoms with Crippen LogP contribution >= 0.6 is 0 Å². The highest BCUT2D eigenvalue weighted by Gasteiger charge is 2.14. The highest BCUT2D eigenvalue weighted by Crippen LogP contribution is 2.16. The fourth-order valence-electron chi connectivity index (χ4n) is 2.50. The van der Waals surface area contributed by atoms with Crippen molar-refractivity contribution < 1.29 is 9.59 Å². The van der Waals surface area contributed by atoms with Gasteiger partial charge in [-0.3, -0.25) is 9.59 Å². The molecule has 1 aromatic heterocycles. The van der Waals surface area contributed by atoms with Gasteiger partial charge in [-0.1, -0.05) is 38.1 Å². The predicted molar refractivity (Wildman–Crippen MR) is 91.7 cm³/mol. The SMILES string of the molecule is CC(=O)c1c[nH]c(C(=O)N[C@H](C)c2ccc(CC(C)C)cc2)c1. The summed E-state index contributed by atoms with van der Waals surface area (Å²) < 4.78 is 0. The lowest BCUT2D eigenvalue weighted by atomic mass is 10.00. The lowest BCUT2D eigenvalue weighted by Crippen LogP contribution is -2.26. The van der Waals surface area contributed by atoms with Crippen LogP contribution in [0, 0.1) is 5.92 Å². The Morgan fingerprint density at radius 1 is 1.13 bits per heavy atom. The van der Waals surface area contributed by atoms with E-state index < -0.39 is 0 Å². The Balaban J connectivity index is 2.01. The number of hydrogen-bond acceptors (Lipinski definition) is 2. The van der Waals surface area contributed by atoms with Crippen LogP contribution in [0.3, 0.4) is 0 Å². The minimum atomic E-state index is -0.212. The van der Waals surface area contributed by atoms with Crippen LogP contribution in [-0.2, 0) is 6.42 Å². The van der Waals surface area contributed by atoms with Gasteiger partial charge in [-0.2, -0.15) is 0 Å². The first-order chi connectivity index (χ1) is 10.9. The van der Waals surface area contributed by atoms with E-state index in [2.05, 4.69) is 48.4 Å². The molecule has 0 radical (unpaired) electrons. The average molecular weight is 312 g/mol. The Labute approximate surface area is 137 Å². The summed E-state index contributed by atoms with van der Waals surface area (Å²) in [5.74, 6) is 0.353. The largest absolute Gasteiger partial charge is 0.356 e. The molecular weight excluding hydrogens is 288 g/mol. The van der Waals surface area contributed by atoms with Crippen LogP contribution in [0.1, 0.15) is 65.7 Å². The molecule has 0 aliphatic heterocycles. The fraction of sp³-hybridized carbons (Fsp3) is 0.368. The standard InChI is InChI=1S/C19H24N2O2/c1-12(2)9-15-5-7-16(8-6-15)13(3)21-19(23)18-10-17(11-20-18)14(4)22/h5-8,10-13,20H,9H2,1-4H3,(H,21,23)/t13-/m1/s1. The summed E-state index contributed by atoms with van der Waals surface area (Å²) in [6.07, 6.45) is 2.61. The van der Waals surface area contributed by atoms with Gasteiger partial charge in [0.05, 0.1) is 6.04 Å². The number of aromatic amines is 1. The predicted octanol–water partition coefficient (Wildman–Crippen LogP) is 3.91. The van der Waals surface area contributed by atoms with Gasteiger partial charge in [-0.25, -0.2) is 0 Å². The summed E-state index contributed by atoms with van der Waals surface area (Å²) in [5.41, 5.74) is 3.28. The van der Waals surface area contributed by atoms with E-state index in [-0.39, 0.29) is 17.7 Å². The van der Waals surface area contributed by atoms with Crippen LogP contribution in [0.5, 0.6) is 0 Å². The van der Waals surface area contributed by atoms with E-state index in [1.54, 1.807) is 12.3 Å². The third-order valence-corrected chi connectivity index (χ3v) is 3.81. The topological polar surface area (TPSA) is 62.0 Å². The van der Waals surface area contributed by atoms with Gasteiger partial charge >= 0.3 is 0 Å². The van der Waals surface area contributed by atoms with E-state index in [4.69, 9.17) is 0 Å². The molecule has 0 saturated carbocycles. The highest BCUT2D eigenvalue weighted by atomic mass is 16.2. The van der Waals surface area contributed by atoms with Crippen molar-refractivity contribution in [3.05, 3.63) is 58.9 Å². The average Bonchev–Trinajstić information content (AvgIpc) is 2.97. The molecule has 1 amide bonds. The van der Waals surface area contributed by atoms with Crippen molar-refractivity contribution in [2.75, 3.05) is 0 Å². The molecule has 1 atom stereocenters. The Hall–Kier alpha value is -2.36. The molecule has 23 heavy (non-hydrogen) atoms. The van der Waals surface area contributed by atoms with Gasteiger partial charge in [0.15, 0.2) is 5.78 Å². The number of hydrogen-bond donors (Lipinski definition) is 2. The quantitative estimate of drug-likeness (QED) is 0.794. The summed E-state index contributed by atoms with van der Waals surface area (Å²) in [4.78, 5) is 26.3. The van der Waals surface area contributed by atoms with Crippen molar-refractivity contribution in [3.63, 3.8) is 0 Å². The van der Waals surface area contributed by atoms with Crippen molar-refractivity contribution >= 4 is 11.7 Å². The number of benzene rings is 1. The lowest BCUT2D eigenvalue weighted by Gasteiger charge is -2.14. The molecule has 122 valence electrons. The van der Waals surface area contributed by atoms with E-state index >= 15 is 0 Å². The lowest BCUT2D eigenvalue weighted by molar-refractivity contribution is 0.0935. The van der Waals surface area contributed by atoms with Crippen LogP contribution in [0.25, 0.3) is 0 Å². The molecule has 1 heterocycles. The number of rotatable bonds is 6. The van der Waals surface area contributed by atoms with Crippen molar-refractivity contribution in [3.8, 4) is 0 Å². The molecule has 0 aliphatic carbocycles. The Kier molecular flexibility index (Phi) is 5.37. The number of H-pyrrole nitrogens is 1. The second-order valence-corrected chi connectivity index (χ2v) is 6.39. The first kappa shape index (κ1) is 17.0. The zero-order chi connectivity index (χ0) is 17.0. The van der Waals surface area contributed by atoms with E-state index in [0.717, 1.165) is 12.0 Å². The van der Waals surface area contributed by atoms with Gasteiger partial charge in [0, 0.05) is 11.8 Å². The second kappa shape index (κ2) is 7.27. The summed E-state index contributed by atoms with van der Waals surface area (Å²) in [5, 5.41) is 2.94. The summed E-state index contributed by atoms with van der Waals surface area (Å²) in [7, 11) is 0. The minimum absolute atomic E-state index is 0.0610. The summed E-state index contributed by atoms with van der Waals surface area (Å²) >= 11 is 0. The van der Waals surface area contributed by atoms with Crippen LogP contribution in [-0.4, -0.2) is 16.7 Å². The van der Waals surface area contributed by atoms with E-state index in [1.165, 1.54) is 12.5 Å². The number of amides is 1. The second-order valence-electron chi connectivity index (χ2n) is 6.39. The summed E-state index contributed by atoms with van der Waals surface area (Å²) in [6, 6.07) is 9.81. The maximum atomic E-state index is 12.2. The molecule has 0 spiro atoms. The van der Waals surface area contributed by atoms with E-state index in [0.29, 0.717) is 17.2 Å². The van der Waals surface area contributed by atoms with Crippen LogP contribution in [0.15, 0.2) is 36.5 Å². The Bertz CT molecular complexity index is 684. The van der Waals surface area contributed by atoms with Crippen LogP contribution in [0.4, 0.5) is 0 Å². The van der Waals surface area contributed by atoms with Gasteiger partial charge < -0.3 is 10.3 Å². The minimum Gasteiger partial charge on any atom is -0.356 e. The van der Waals surface area contributed by atoms with Gasteiger partial charge in [0.25, 0.3) is 5.91 Å². The molecule has 4 nitrogen and oxygen atoms in total. The Morgan fingerprint density at radius 2 is 1.78 bits per heavy atom. The first-order valence-electron chi connectivity index (χ1n) is 7.96. The Morgan fingerprint density at radius 3 is 2.30 bits per heavy atom. The van der Waals surface area contributed by atoms with Gasteiger partial charge in [-0.15, -0.1) is 0 Å². The molecule has 2 N–H and O–H groups in total. The van der Waals surface area contributed by atoms with Crippen molar-refractivity contribution in [1.29, 1.82) is 0 Å². The van der Waals surface area contributed by atoms with E-state index in [9.17, 15) is 9.59 Å². The zero-order valence-electron chi connectivity index (χ0n) is 14.1. The third-order valence-electron chi connectivity index (χ3n) is 3.81. The molecule has 1 aromatic carbocycles. The van der Waals surface area contributed by atoms with Crippen LogP contribution < -0.4 is 5.32 Å². The summed E-state index contributed by atoms with van der Waals surface area (Å²) in [6.45, 7) is 7.82. The molecule has 0 bridgehead atoms. The highest BCUT2D eigenvalue weighted by molar-refractivity contribution is 5.99. The molecule has 2 rings (SSSR count). The van der Waals surface area contributed by atoms with Gasteiger partial charge in [0.1, 0.15) is 5.69 Å². The van der Waals surface area contributed by atoms with Crippen molar-refractivity contribution in [2.45, 2.75) is 40.2 Å². The number of carbonyl (C=O) groups is 2. The number of nitrogens with one attached hydrogen (secondary N) is 2. The number of Topliss-reactive ketones (excluding diaryl/α,β-unsaturated/α-hetero) is 1. The van der Waals surface area contributed by atoms with E-state index in [1.807, 2.05) is 6.92 Å². The number of aromatic nitrogens is 1. The molecule has 0 fully saturated rings. The third kappa shape index (κ3) is 4.55. The van der Waals surface area contributed by atoms with Crippen LogP contribution in [0.2, 0.25) is 0 Å². The molecule has 4 heteroatoms. The first-order valence-corrected chi connectivity index (χ1v) is 7.96. The van der Waals surface area contributed by atoms with Gasteiger partial charge in [0.2, 0.25) is 0 Å². The zero-order valence-corrected chi connectivity index (χ0v) is 14.1. The fourth-order valence-corrected chi connectivity index (χ4v) is 2.50. The molecule has 0 saturated heterocycles. The normalized spacial score (nSPS) is 12.2. The monoisotopic (exact) mass is 312 g/mol. The molecule has 0 aliphatic rings. The smallest absolute Gasteiger partial charge is 0.268 e. The van der Waals surface area contributed by atoms with Crippen molar-refractivity contribution in [2.24, 2.45) is 5.92 Å². The molecule has 0 unspecified atom stereocenters. The van der Waals surface area contributed by atoms with Gasteiger partial charge in [-0.05, 0) is 43.4 Å². The van der Waals surface area contributed by atoms with Crippen molar-refractivity contribution in [1.82, 2.24) is 10.3 Å². The number of carbonyl (C=O) groups excluding carboxylic acids is 2. The maximum absolute atomic E-state index is 12.2. The maximum Gasteiger partial charge on any atom is 0.268 e.